The summed E-state index contributed by atoms with van der Waals surface area (Å²) >= 11 is 0. The van der Waals surface area contributed by atoms with Crippen molar-refractivity contribution >= 4 is 9.84 Å². The van der Waals surface area contributed by atoms with Crippen molar-refractivity contribution < 1.29 is 12.9 Å². The Hall–Kier alpha value is -1.17. The van der Waals surface area contributed by atoms with Crippen molar-refractivity contribution in [1.29, 1.82) is 0 Å². The summed E-state index contributed by atoms with van der Waals surface area (Å²) in [4.78, 5) is 4.06. The van der Waals surface area contributed by atoms with E-state index in [-0.39, 0.29) is 17.3 Å². The lowest BCUT2D eigenvalue weighted by atomic mass is 10.1. The van der Waals surface area contributed by atoms with Crippen LogP contribution in [0.2, 0.25) is 0 Å². The van der Waals surface area contributed by atoms with Gasteiger partial charge in [-0.3, -0.25) is 0 Å². The third kappa shape index (κ3) is 5.12. The molecular weight excluding hydrogens is 240 g/mol. The van der Waals surface area contributed by atoms with Gasteiger partial charge < -0.3 is 4.52 Å². The van der Waals surface area contributed by atoms with Gasteiger partial charge in [-0.05, 0) is 12.8 Å². The number of aromatic nitrogens is 2. The normalized spacial score (nSPS) is 12.7. The Morgan fingerprint density at radius 1 is 1.41 bits per heavy atom. The van der Waals surface area contributed by atoms with Crippen LogP contribution in [-0.2, 0) is 22.0 Å². The second-order valence-electron chi connectivity index (χ2n) is 4.33. The first-order chi connectivity index (χ1) is 7.93. The number of hydrogen-bond donors (Lipinski definition) is 0. The van der Waals surface area contributed by atoms with Crippen molar-refractivity contribution in [3.63, 3.8) is 0 Å². The molecule has 0 aliphatic rings. The predicted molar refractivity (Wildman–Crippen MR) is 65.1 cm³/mol. The summed E-state index contributed by atoms with van der Waals surface area (Å²) < 4.78 is 28.2. The molecule has 0 unspecified atom stereocenters. The van der Waals surface area contributed by atoms with E-state index in [0.29, 0.717) is 18.2 Å². The van der Waals surface area contributed by atoms with Gasteiger partial charge in [0, 0.05) is 6.42 Å². The molecule has 0 atom stereocenters. The fourth-order valence-electron chi connectivity index (χ4n) is 1.28. The van der Waals surface area contributed by atoms with Crippen LogP contribution in [0.5, 0.6) is 0 Å². The number of hydrogen-bond acceptors (Lipinski definition) is 5. The van der Waals surface area contributed by atoms with Gasteiger partial charge in [0.25, 0.3) is 0 Å². The first kappa shape index (κ1) is 13.9. The van der Waals surface area contributed by atoms with Crippen molar-refractivity contribution in [2.24, 2.45) is 5.92 Å². The molecule has 96 valence electrons. The second-order valence-corrected chi connectivity index (χ2v) is 6.44. The van der Waals surface area contributed by atoms with Crippen LogP contribution in [0.1, 0.15) is 32.5 Å². The highest BCUT2D eigenvalue weighted by atomic mass is 32.2. The first-order valence-electron chi connectivity index (χ1n) is 5.56. The van der Waals surface area contributed by atoms with E-state index in [1.807, 2.05) is 13.8 Å². The highest BCUT2D eigenvalue weighted by Crippen LogP contribution is 2.08. The van der Waals surface area contributed by atoms with Gasteiger partial charge in [0.2, 0.25) is 5.89 Å². The highest BCUT2D eigenvalue weighted by Gasteiger charge is 2.15. The van der Waals surface area contributed by atoms with Crippen molar-refractivity contribution in [3.05, 3.63) is 23.9 Å². The van der Waals surface area contributed by atoms with Crippen molar-refractivity contribution in [2.75, 3.05) is 5.75 Å². The third-order valence-electron chi connectivity index (χ3n) is 2.03. The molecule has 0 radical (unpaired) electrons. The number of nitrogens with zero attached hydrogens (tertiary/aromatic N) is 2. The smallest absolute Gasteiger partial charge is 0.226 e. The van der Waals surface area contributed by atoms with Gasteiger partial charge in [-0.25, -0.2) is 8.42 Å². The van der Waals surface area contributed by atoms with Crippen LogP contribution in [0.4, 0.5) is 0 Å². The summed E-state index contributed by atoms with van der Waals surface area (Å²) in [5.41, 5.74) is 0. The van der Waals surface area contributed by atoms with Crippen molar-refractivity contribution in [2.45, 2.75) is 32.9 Å². The Morgan fingerprint density at radius 3 is 2.71 bits per heavy atom. The van der Waals surface area contributed by atoms with Gasteiger partial charge in [-0.15, -0.1) is 0 Å². The summed E-state index contributed by atoms with van der Waals surface area (Å²) in [7, 11) is -3.18. The number of rotatable bonds is 6. The minimum absolute atomic E-state index is 0.0115. The Morgan fingerprint density at radius 2 is 2.12 bits per heavy atom. The van der Waals surface area contributed by atoms with Crippen LogP contribution in [0.25, 0.3) is 0 Å². The van der Waals surface area contributed by atoms with E-state index in [9.17, 15) is 8.42 Å². The monoisotopic (exact) mass is 258 g/mol. The van der Waals surface area contributed by atoms with Crippen molar-refractivity contribution in [3.8, 4) is 0 Å². The lowest BCUT2D eigenvalue weighted by molar-refractivity contribution is 0.359. The lowest BCUT2D eigenvalue weighted by Crippen LogP contribution is -2.08. The molecule has 0 aromatic carbocycles. The fourth-order valence-corrected chi connectivity index (χ4v) is 2.39. The lowest BCUT2D eigenvalue weighted by Gasteiger charge is -1.97. The Kier molecular flexibility index (Phi) is 4.86. The van der Waals surface area contributed by atoms with Gasteiger partial charge in [-0.2, -0.15) is 4.98 Å². The number of sulfone groups is 1. The second kappa shape index (κ2) is 5.95. The van der Waals surface area contributed by atoms with E-state index < -0.39 is 9.84 Å². The first-order valence-corrected chi connectivity index (χ1v) is 7.38. The van der Waals surface area contributed by atoms with E-state index in [1.54, 1.807) is 19.1 Å². The van der Waals surface area contributed by atoms with E-state index in [4.69, 9.17) is 4.52 Å². The zero-order chi connectivity index (χ0) is 12.9. The van der Waals surface area contributed by atoms with Gasteiger partial charge in [-0.1, -0.05) is 31.2 Å². The van der Waals surface area contributed by atoms with Gasteiger partial charge in [0.05, 0.1) is 5.75 Å². The predicted octanol–water partition coefficient (Wildman–Crippen LogP) is 1.76. The maximum atomic E-state index is 11.6. The molecule has 17 heavy (non-hydrogen) atoms. The Labute approximate surface area is 102 Å². The van der Waals surface area contributed by atoms with Crippen molar-refractivity contribution in [1.82, 2.24) is 10.1 Å². The van der Waals surface area contributed by atoms with Gasteiger partial charge in [0.1, 0.15) is 5.75 Å². The molecule has 0 spiro atoms. The molecule has 1 heterocycles. The van der Waals surface area contributed by atoms with E-state index in [0.717, 1.165) is 0 Å². The van der Waals surface area contributed by atoms with Crippen LogP contribution in [0.15, 0.2) is 16.7 Å². The molecule has 0 N–H and O–H groups in total. The Bertz CT molecular complexity index is 475. The summed E-state index contributed by atoms with van der Waals surface area (Å²) in [5.74, 6) is 0.987. The molecule has 0 fully saturated rings. The SMILES string of the molecule is C/C=C/CS(=O)(=O)Cc1noc(CC(C)C)n1. The largest absolute Gasteiger partial charge is 0.339 e. The fraction of sp³-hybridized carbons (Fsp3) is 0.636. The molecule has 0 amide bonds. The minimum atomic E-state index is -3.18. The molecule has 5 nitrogen and oxygen atoms in total. The van der Waals surface area contributed by atoms with Gasteiger partial charge >= 0.3 is 0 Å². The van der Waals surface area contributed by atoms with Gasteiger partial charge in [0.15, 0.2) is 15.7 Å². The zero-order valence-corrected chi connectivity index (χ0v) is 11.2. The quantitative estimate of drug-likeness (QED) is 0.727. The topological polar surface area (TPSA) is 73.1 Å². The van der Waals surface area contributed by atoms with E-state index >= 15 is 0 Å². The standard InChI is InChI=1S/C11H18N2O3S/c1-4-5-6-17(14,15)8-10-12-11(16-13-10)7-9(2)3/h4-5,9H,6-8H2,1-3H3/b5-4+. The summed E-state index contributed by atoms with van der Waals surface area (Å²) in [6.45, 7) is 5.85. The maximum Gasteiger partial charge on any atom is 0.226 e. The summed E-state index contributed by atoms with van der Waals surface area (Å²) in [5, 5.41) is 3.67. The van der Waals surface area contributed by atoms with Crippen LogP contribution in [-0.4, -0.2) is 24.3 Å². The van der Waals surface area contributed by atoms with Crippen LogP contribution in [0.3, 0.4) is 0 Å². The zero-order valence-electron chi connectivity index (χ0n) is 10.4. The van der Waals surface area contributed by atoms with Crippen LogP contribution in [0, 0.1) is 5.92 Å². The maximum absolute atomic E-state index is 11.6. The average Bonchev–Trinajstić information content (AvgIpc) is 2.60. The number of allylic oxidation sites excluding steroid dienone is 1. The molecule has 1 aromatic rings. The molecule has 0 saturated heterocycles. The van der Waals surface area contributed by atoms with E-state index in [1.165, 1.54) is 0 Å². The average molecular weight is 258 g/mol. The molecule has 1 aromatic heterocycles. The molecule has 0 aliphatic heterocycles. The summed E-state index contributed by atoms with van der Waals surface area (Å²) in [6, 6.07) is 0. The van der Waals surface area contributed by atoms with Crippen LogP contribution < -0.4 is 0 Å². The third-order valence-corrected chi connectivity index (χ3v) is 3.43. The molecule has 0 saturated carbocycles. The van der Waals surface area contributed by atoms with E-state index in [2.05, 4.69) is 10.1 Å². The molecule has 0 aliphatic carbocycles. The molecule has 1 rings (SSSR count). The molecule has 6 heteroatoms. The molecule has 0 bridgehead atoms. The highest BCUT2D eigenvalue weighted by molar-refractivity contribution is 7.90. The summed E-state index contributed by atoms with van der Waals surface area (Å²) in [6.07, 6.45) is 3.98. The minimum Gasteiger partial charge on any atom is -0.339 e. The molecular formula is C11H18N2O3S. The Balaban J connectivity index is 2.66. The van der Waals surface area contributed by atoms with Crippen LogP contribution >= 0.6 is 0 Å².